The van der Waals surface area contributed by atoms with Crippen molar-refractivity contribution in [1.29, 1.82) is 0 Å². The fourth-order valence-electron chi connectivity index (χ4n) is 9.10. The number of carbonyl (C=O) groups is 1. The van der Waals surface area contributed by atoms with Gasteiger partial charge in [0.15, 0.2) is 17.7 Å². The van der Waals surface area contributed by atoms with Gasteiger partial charge in [-0.05, 0) is 34.7 Å². The molecule has 5 aromatic rings. The largest absolute Gasteiger partial charge is 0.376 e. The number of hydrogen-bond donors (Lipinski definition) is 1. The van der Waals surface area contributed by atoms with Gasteiger partial charge >= 0.3 is 0 Å². The second-order valence-electron chi connectivity index (χ2n) is 17.9. The quantitative estimate of drug-likeness (QED) is 0.0677. The molecule has 0 saturated carbocycles. The van der Waals surface area contributed by atoms with Gasteiger partial charge in [0.2, 0.25) is 0 Å². The first-order valence-corrected chi connectivity index (χ1v) is 25.1. The second-order valence-corrected chi connectivity index (χ2v) is 19.1. The lowest BCUT2D eigenvalue weighted by Gasteiger charge is -2.50. The molecule has 8 unspecified atom stereocenters. The summed E-state index contributed by atoms with van der Waals surface area (Å²) in [5, 5.41) is -0.176. The first kappa shape index (κ1) is 52.9. The van der Waals surface area contributed by atoms with E-state index in [4.69, 9.17) is 62.6 Å². The highest BCUT2D eigenvalue weighted by atomic mass is 32.2. The van der Waals surface area contributed by atoms with E-state index in [1.807, 2.05) is 159 Å². The Morgan fingerprint density at radius 3 is 1.48 bits per heavy atom. The summed E-state index contributed by atoms with van der Waals surface area (Å²) in [5.41, 5.74) is 11.1. The molecule has 2 N–H and O–H groups in total. The molecule has 3 aliphatic heterocycles. The number of rotatable bonds is 23. The third-order valence-corrected chi connectivity index (χ3v) is 13.7. The molecule has 3 fully saturated rings. The zero-order chi connectivity index (χ0) is 49.4. The summed E-state index contributed by atoms with van der Waals surface area (Å²) < 4.78 is 79.3. The minimum Gasteiger partial charge on any atom is -0.376 e. The van der Waals surface area contributed by atoms with E-state index >= 15 is 0 Å². The highest BCUT2D eigenvalue weighted by Crippen LogP contribution is 2.38. The lowest BCUT2D eigenvalue weighted by Crippen LogP contribution is -2.67. The van der Waals surface area contributed by atoms with Gasteiger partial charge in [-0.25, -0.2) is 0 Å². The predicted molar refractivity (Wildman–Crippen MR) is 266 cm³/mol. The molecule has 15 heteroatoms. The van der Waals surface area contributed by atoms with E-state index in [1.54, 1.807) is 14.2 Å². The first-order valence-electron chi connectivity index (χ1n) is 24.2. The number of hydrogen-bond acceptors (Lipinski definition) is 15. The molecule has 14 atom stereocenters. The van der Waals surface area contributed by atoms with Crippen LogP contribution >= 0.6 is 11.8 Å². The summed E-state index contributed by atoms with van der Waals surface area (Å²) in [7, 11) is 3.15. The molecule has 71 heavy (non-hydrogen) atoms. The smallest absolute Gasteiger partial charge is 0.188 e. The summed E-state index contributed by atoms with van der Waals surface area (Å²) in [4.78, 5) is 12.9. The minimum absolute atomic E-state index is 0.154. The maximum absolute atomic E-state index is 12.9. The Bertz CT molecular complexity index is 2290. The molecule has 0 bridgehead atoms. The van der Waals surface area contributed by atoms with E-state index in [0.29, 0.717) is 19.8 Å². The molecule has 0 amide bonds. The third kappa shape index (κ3) is 14.6. The van der Waals surface area contributed by atoms with Crippen molar-refractivity contribution in [2.45, 2.75) is 132 Å². The van der Waals surface area contributed by atoms with Crippen LogP contribution in [0.1, 0.15) is 41.7 Å². The number of ether oxygens (including phenoxy) is 12. The van der Waals surface area contributed by atoms with Crippen LogP contribution in [-0.2, 0) is 94.7 Å². The summed E-state index contributed by atoms with van der Waals surface area (Å²) in [5.74, 6) is 0. The van der Waals surface area contributed by atoms with Crippen molar-refractivity contribution in [3.63, 3.8) is 0 Å². The van der Waals surface area contributed by atoms with Crippen LogP contribution in [0.2, 0.25) is 0 Å². The Kier molecular flexibility index (Phi) is 20.2. The molecular weight excluding hydrogens is 927 g/mol. The van der Waals surface area contributed by atoms with Crippen molar-refractivity contribution in [2.24, 2.45) is 5.73 Å². The van der Waals surface area contributed by atoms with Crippen LogP contribution < -0.4 is 5.73 Å². The highest BCUT2D eigenvalue weighted by Gasteiger charge is 2.54. The number of nitrogens with two attached hydrogens (primary N) is 1. The van der Waals surface area contributed by atoms with E-state index in [-0.39, 0.29) is 31.5 Å². The van der Waals surface area contributed by atoms with Gasteiger partial charge in [0.1, 0.15) is 60.4 Å². The SMILES string of the molecule is COC1C(OC)[C@H](OC2C(OCc3ccccc3)C(N)[C@@H](COCc3ccccc3)O[C@H]2SC(C)=O)O[C@H](C)C1O[C@@H]1OC[C@@H](OCc2ccccc2)C(OCc2ccccc2)C1OCc1ccccc1. The molecule has 0 aromatic heterocycles. The summed E-state index contributed by atoms with van der Waals surface area (Å²) in [6.07, 6.45) is -9.30. The Balaban J connectivity index is 1.03. The maximum atomic E-state index is 12.9. The van der Waals surface area contributed by atoms with Gasteiger partial charge in [-0.1, -0.05) is 163 Å². The van der Waals surface area contributed by atoms with Crippen molar-refractivity contribution in [1.82, 2.24) is 0 Å². The van der Waals surface area contributed by atoms with Gasteiger partial charge in [0, 0.05) is 21.1 Å². The number of carbonyl (C=O) groups excluding carboxylic acids is 1. The minimum atomic E-state index is -1.06. The van der Waals surface area contributed by atoms with Crippen LogP contribution in [0.4, 0.5) is 0 Å². The van der Waals surface area contributed by atoms with Gasteiger partial charge in [-0.15, -0.1) is 0 Å². The van der Waals surface area contributed by atoms with Crippen LogP contribution in [-0.4, -0.2) is 118 Å². The zero-order valence-electron chi connectivity index (χ0n) is 40.8. The van der Waals surface area contributed by atoms with Crippen LogP contribution in [0, 0.1) is 0 Å². The first-order chi connectivity index (χ1) is 34.8. The number of benzene rings is 5. The van der Waals surface area contributed by atoms with Crippen molar-refractivity contribution < 1.29 is 61.6 Å². The van der Waals surface area contributed by atoms with E-state index in [9.17, 15) is 4.79 Å². The van der Waals surface area contributed by atoms with E-state index in [0.717, 1.165) is 39.6 Å². The van der Waals surface area contributed by atoms with Crippen molar-refractivity contribution in [3.05, 3.63) is 179 Å². The Labute approximate surface area is 421 Å². The molecule has 3 saturated heterocycles. The van der Waals surface area contributed by atoms with Crippen LogP contribution in [0.3, 0.4) is 0 Å². The normalized spacial score (nSPS) is 29.9. The molecule has 380 valence electrons. The van der Waals surface area contributed by atoms with Crippen molar-refractivity contribution >= 4 is 16.9 Å². The predicted octanol–water partition coefficient (Wildman–Crippen LogP) is 7.78. The van der Waals surface area contributed by atoms with Crippen LogP contribution in [0.15, 0.2) is 152 Å². The van der Waals surface area contributed by atoms with E-state index in [2.05, 4.69) is 0 Å². The van der Waals surface area contributed by atoms with Crippen LogP contribution in [0.25, 0.3) is 0 Å². The molecule has 3 heterocycles. The standard InChI is InChI=1S/C56H67NO13S/c1-37-47(69-54-52(65-34-43-28-18-9-19-29-43)48(63-32-41-24-14-7-15-25-41)45(36-66-54)62-31-40-22-12-6-13-23-40)50(59-3)51(60-4)55(67-37)70-53-49(64-33-42-26-16-8-17-27-42)46(57)44(68-56(53)71-38(2)58)35-61-30-39-20-10-5-11-21-39/h5-29,37,44-56H,30-36,57H2,1-4H3/t37-,44-,45-,46?,47?,48?,49?,50?,51?,52?,53?,54+,55+,56+/m1/s1. The van der Waals surface area contributed by atoms with Gasteiger partial charge in [0.25, 0.3) is 0 Å². The number of methoxy groups -OCH3 is 2. The fraction of sp³-hybridized carbons (Fsp3) is 0.446. The lowest BCUT2D eigenvalue weighted by atomic mass is 9.96. The monoisotopic (exact) mass is 993 g/mol. The van der Waals surface area contributed by atoms with Crippen molar-refractivity contribution in [2.75, 3.05) is 27.4 Å². The summed E-state index contributed by atoms with van der Waals surface area (Å²) >= 11 is 0.999. The van der Waals surface area contributed by atoms with Gasteiger partial charge in [-0.3, -0.25) is 4.79 Å². The molecular formula is C56H67NO13S. The molecule has 0 spiro atoms. The Morgan fingerprint density at radius 2 is 0.986 bits per heavy atom. The van der Waals surface area contributed by atoms with Crippen LogP contribution in [0.5, 0.6) is 0 Å². The van der Waals surface area contributed by atoms with Gasteiger partial charge in [-0.2, -0.15) is 0 Å². The topological polar surface area (TPSA) is 154 Å². The number of thioether (sulfide) groups is 1. The third-order valence-electron chi connectivity index (χ3n) is 12.8. The molecule has 5 aromatic carbocycles. The molecule has 3 aliphatic rings. The second kappa shape index (κ2) is 27.1. The molecule has 0 radical (unpaired) electrons. The zero-order valence-corrected chi connectivity index (χ0v) is 41.6. The maximum Gasteiger partial charge on any atom is 0.188 e. The molecule has 8 rings (SSSR count). The lowest BCUT2D eigenvalue weighted by molar-refractivity contribution is -0.366. The average molecular weight is 994 g/mol. The average Bonchev–Trinajstić information content (AvgIpc) is 3.40. The summed E-state index contributed by atoms with van der Waals surface area (Å²) in [6.45, 7) is 5.16. The van der Waals surface area contributed by atoms with Gasteiger partial charge in [0.05, 0.1) is 58.4 Å². The van der Waals surface area contributed by atoms with Gasteiger partial charge < -0.3 is 62.6 Å². The van der Waals surface area contributed by atoms with E-state index in [1.165, 1.54) is 6.92 Å². The van der Waals surface area contributed by atoms with Crippen molar-refractivity contribution in [3.8, 4) is 0 Å². The molecule has 14 nitrogen and oxygen atoms in total. The fourth-order valence-corrected chi connectivity index (χ4v) is 9.98. The molecule has 0 aliphatic carbocycles. The Hall–Kier alpha value is -4.40. The van der Waals surface area contributed by atoms with E-state index < -0.39 is 85.1 Å². The summed E-state index contributed by atoms with van der Waals surface area (Å²) in [6, 6.07) is 48.8. The Morgan fingerprint density at radius 1 is 0.535 bits per heavy atom. The highest BCUT2D eigenvalue weighted by molar-refractivity contribution is 8.14.